The predicted octanol–water partition coefficient (Wildman–Crippen LogP) is 0.780. The Morgan fingerprint density at radius 3 is 2.58 bits per heavy atom. The SMILES string of the molecule is Cn1c(=O)c2c(CC(=O)NCCc3ccc(Cl)cc3)noc2n(C)c1=O. The summed E-state index contributed by atoms with van der Waals surface area (Å²) < 4.78 is 7.24. The van der Waals surface area contributed by atoms with Gasteiger partial charge in [-0.05, 0) is 24.1 Å². The molecule has 0 spiro atoms. The minimum Gasteiger partial charge on any atom is -0.355 e. The van der Waals surface area contributed by atoms with Gasteiger partial charge in [0.2, 0.25) is 11.6 Å². The highest BCUT2D eigenvalue weighted by Crippen LogP contribution is 2.13. The van der Waals surface area contributed by atoms with Crippen LogP contribution < -0.4 is 16.6 Å². The summed E-state index contributed by atoms with van der Waals surface area (Å²) in [5, 5.41) is 7.37. The summed E-state index contributed by atoms with van der Waals surface area (Å²) >= 11 is 5.83. The first-order chi connectivity index (χ1) is 12.4. The van der Waals surface area contributed by atoms with Gasteiger partial charge in [-0.3, -0.25) is 18.7 Å². The number of fused-ring (bicyclic) bond motifs is 1. The molecule has 26 heavy (non-hydrogen) atoms. The van der Waals surface area contributed by atoms with Crippen LogP contribution in [0.3, 0.4) is 0 Å². The van der Waals surface area contributed by atoms with Crippen LogP contribution in [0.2, 0.25) is 5.02 Å². The minimum atomic E-state index is -0.534. The van der Waals surface area contributed by atoms with Gasteiger partial charge in [0.05, 0.1) is 6.42 Å². The zero-order valence-corrected chi connectivity index (χ0v) is 15.0. The third kappa shape index (κ3) is 3.41. The van der Waals surface area contributed by atoms with Crippen molar-refractivity contribution in [2.24, 2.45) is 14.1 Å². The molecule has 3 aromatic rings. The third-order valence-corrected chi connectivity index (χ3v) is 4.37. The molecule has 1 N–H and O–H groups in total. The molecule has 0 unspecified atom stereocenters. The summed E-state index contributed by atoms with van der Waals surface area (Å²) in [5.74, 6) is -0.287. The number of hydrogen-bond acceptors (Lipinski definition) is 5. The molecule has 0 aliphatic rings. The Morgan fingerprint density at radius 2 is 1.88 bits per heavy atom. The van der Waals surface area contributed by atoms with Crippen molar-refractivity contribution in [3.05, 3.63) is 61.4 Å². The first kappa shape index (κ1) is 17.9. The summed E-state index contributed by atoms with van der Waals surface area (Å²) in [7, 11) is 2.85. The molecule has 2 heterocycles. The molecule has 0 aliphatic heterocycles. The molecule has 0 radical (unpaired) electrons. The molecule has 0 saturated carbocycles. The smallest absolute Gasteiger partial charge is 0.333 e. The van der Waals surface area contributed by atoms with E-state index in [4.69, 9.17) is 16.1 Å². The van der Waals surface area contributed by atoms with Crippen LogP contribution in [0.1, 0.15) is 11.3 Å². The Bertz CT molecular complexity index is 1080. The van der Waals surface area contributed by atoms with Gasteiger partial charge in [-0.25, -0.2) is 4.79 Å². The van der Waals surface area contributed by atoms with Gasteiger partial charge in [-0.2, -0.15) is 0 Å². The van der Waals surface area contributed by atoms with E-state index in [-0.39, 0.29) is 29.1 Å². The van der Waals surface area contributed by atoms with Crippen LogP contribution in [0, 0.1) is 0 Å². The van der Waals surface area contributed by atoms with Crippen LogP contribution in [-0.2, 0) is 31.7 Å². The number of aromatic nitrogens is 3. The van der Waals surface area contributed by atoms with Crippen molar-refractivity contribution in [3.63, 3.8) is 0 Å². The lowest BCUT2D eigenvalue weighted by molar-refractivity contribution is -0.120. The van der Waals surface area contributed by atoms with E-state index in [0.717, 1.165) is 10.1 Å². The van der Waals surface area contributed by atoms with Crippen molar-refractivity contribution in [2.45, 2.75) is 12.8 Å². The number of benzene rings is 1. The van der Waals surface area contributed by atoms with E-state index >= 15 is 0 Å². The normalized spacial score (nSPS) is 11.0. The van der Waals surface area contributed by atoms with Gasteiger partial charge in [0.25, 0.3) is 5.56 Å². The molecule has 1 aromatic carbocycles. The first-order valence-corrected chi connectivity index (χ1v) is 8.31. The lowest BCUT2D eigenvalue weighted by atomic mass is 10.1. The summed E-state index contributed by atoms with van der Waals surface area (Å²) in [6.45, 7) is 0.437. The molecular formula is C17H17ClN4O4. The van der Waals surface area contributed by atoms with Crippen molar-refractivity contribution in [1.82, 2.24) is 19.6 Å². The fourth-order valence-corrected chi connectivity index (χ4v) is 2.78. The maximum absolute atomic E-state index is 12.3. The Labute approximate surface area is 153 Å². The number of nitrogens with one attached hydrogen (secondary N) is 1. The van der Waals surface area contributed by atoms with E-state index in [1.54, 1.807) is 12.1 Å². The number of halogens is 1. The number of carbonyl (C=O) groups excluding carboxylic acids is 1. The molecule has 0 bridgehead atoms. The van der Waals surface area contributed by atoms with Gasteiger partial charge < -0.3 is 9.84 Å². The largest absolute Gasteiger partial charge is 0.355 e. The number of aryl methyl sites for hydroxylation is 1. The maximum Gasteiger partial charge on any atom is 0.333 e. The molecule has 136 valence electrons. The van der Waals surface area contributed by atoms with E-state index in [2.05, 4.69) is 10.5 Å². The van der Waals surface area contributed by atoms with Crippen molar-refractivity contribution < 1.29 is 9.32 Å². The van der Waals surface area contributed by atoms with Crippen LogP contribution >= 0.6 is 11.6 Å². The van der Waals surface area contributed by atoms with Crippen molar-refractivity contribution in [2.75, 3.05) is 6.54 Å². The molecule has 2 aromatic heterocycles. The fourth-order valence-electron chi connectivity index (χ4n) is 2.66. The fraction of sp³-hybridized carbons (Fsp3) is 0.294. The number of rotatable bonds is 5. The van der Waals surface area contributed by atoms with Gasteiger partial charge in [0, 0.05) is 25.7 Å². The Hall–Kier alpha value is -2.87. The summed E-state index contributed by atoms with van der Waals surface area (Å²) in [6, 6.07) is 7.37. The quantitative estimate of drug-likeness (QED) is 0.709. The van der Waals surface area contributed by atoms with Gasteiger partial charge in [-0.15, -0.1) is 0 Å². The Morgan fingerprint density at radius 1 is 1.19 bits per heavy atom. The molecule has 3 rings (SSSR count). The lowest BCUT2D eigenvalue weighted by Crippen LogP contribution is -2.37. The van der Waals surface area contributed by atoms with Crippen molar-refractivity contribution in [1.29, 1.82) is 0 Å². The van der Waals surface area contributed by atoms with Crippen LogP contribution in [0.25, 0.3) is 11.1 Å². The maximum atomic E-state index is 12.3. The number of carbonyl (C=O) groups is 1. The number of nitrogens with zero attached hydrogens (tertiary/aromatic N) is 3. The molecule has 0 fully saturated rings. The zero-order chi connectivity index (χ0) is 18.8. The van der Waals surface area contributed by atoms with Gasteiger partial charge >= 0.3 is 5.69 Å². The van der Waals surface area contributed by atoms with E-state index in [1.165, 1.54) is 18.7 Å². The molecule has 0 aliphatic carbocycles. The highest BCUT2D eigenvalue weighted by molar-refractivity contribution is 6.30. The third-order valence-electron chi connectivity index (χ3n) is 4.12. The van der Waals surface area contributed by atoms with Crippen molar-refractivity contribution in [3.8, 4) is 0 Å². The first-order valence-electron chi connectivity index (χ1n) is 7.94. The van der Waals surface area contributed by atoms with Crippen LogP contribution in [0.4, 0.5) is 0 Å². The standard InChI is InChI=1S/C17H17ClN4O4/c1-21-15(24)14-12(20-26-16(14)22(2)17(21)25)9-13(23)19-8-7-10-3-5-11(18)6-4-10/h3-6H,7-9H2,1-2H3,(H,19,23). The second-order valence-electron chi connectivity index (χ2n) is 5.92. The van der Waals surface area contributed by atoms with E-state index in [0.29, 0.717) is 18.0 Å². The Balaban J connectivity index is 1.71. The van der Waals surface area contributed by atoms with Gasteiger partial charge in [-0.1, -0.05) is 28.9 Å². The molecule has 0 saturated heterocycles. The highest BCUT2D eigenvalue weighted by Gasteiger charge is 2.19. The average molecular weight is 377 g/mol. The second kappa shape index (κ2) is 7.17. The lowest BCUT2D eigenvalue weighted by Gasteiger charge is -2.05. The van der Waals surface area contributed by atoms with Gasteiger partial charge in [0.15, 0.2) is 0 Å². The molecular weight excluding hydrogens is 360 g/mol. The van der Waals surface area contributed by atoms with Crippen LogP contribution in [-0.4, -0.2) is 26.7 Å². The summed E-state index contributed by atoms with van der Waals surface area (Å²) in [5.41, 5.74) is 0.263. The summed E-state index contributed by atoms with van der Waals surface area (Å²) in [6.07, 6.45) is 0.541. The average Bonchev–Trinajstić information content (AvgIpc) is 3.03. The number of amides is 1. The predicted molar refractivity (Wildman–Crippen MR) is 96.4 cm³/mol. The topological polar surface area (TPSA) is 99.1 Å². The van der Waals surface area contributed by atoms with E-state index in [1.807, 2.05) is 12.1 Å². The van der Waals surface area contributed by atoms with Crippen LogP contribution in [0.15, 0.2) is 38.4 Å². The van der Waals surface area contributed by atoms with Crippen molar-refractivity contribution >= 4 is 28.6 Å². The van der Waals surface area contributed by atoms with E-state index in [9.17, 15) is 14.4 Å². The molecule has 1 amide bonds. The monoisotopic (exact) mass is 376 g/mol. The summed E-state index contributed by atoms with van der Waals surface area (Å²) in [4.78, 5) is 36.3. The molecule has 8 nitrogen and oxygen atoms in total. The van der Waals surface area contributed by atoms with E-state index < -0.39 is 11.2 Å². The highest BCUT2D eigenvalue weighted by atomic mass is 35.5. The number of hydrogen-bond donors (Lipinski definition) is 1. The zero-order valence-electron chi connectivity index (χ0n) is 14.3. The Kier molecular flexibility index (Phi) is 4.94. The van der Waals surface area contributed by atoms with Crippen LogP contribution in [0.5, 0.6) is 0 Å². The molecule has 0 atom stereocenters. The molecule has 9 heteroatoms. The minimum absolute atomic E-state index is 0.0575. The second-order valence-corrected chi connectivity index (χ2v) is 6.35. The van der Waals surface area contributed by atoms with Gasteiger partial charge in [0.1, 0.15) is 11.1 Å².